The van der Waals surface area contributed by atoms with Crippen molar-refractivity contribution >= 4 is 23.6 Å². The van der Waals surface area contributed by atoms with Crippen LogP contribution in [-0.4, -0.2) is 29.9 Å². The first-order valence-electron chi connectivity index (χ1n) is 7.75. The molecule has 0 saturated heterocycles. The van der Waals surface area contributed by atoms with Gasteiger partial charge in [-0.25, -0.2) is 9.59 Å². The molecule has 0 atom stereocenters. The second-order valence-electron chi connectivity index (χ2n) is 5.30. The van der Waals surface area contributed by atoms with E-state index < -0.39 is 24.3 Å². The minimum absolute atomic E-state index is 0.0316. The Morgan fingerprint density at radius 3 is 2.50 bits per heavy atom. The van der Waals surface area contributed by atoms with Gasteiger partial charge in [0.15, 0.2) is 0 Å². The van der Waals surface area contributed by atoms with E-state index in [1.165, 1.54) is 13.2 Å². The summed E-state index contributed by atoms with van der Waals surface area (Å²) >= 11 is 0. The zero-order valence-electron chi connectivity index (χ0n) is 14.1. The van der Waals surface area contributed by atoms with Crippen molar-refractivity contribution in [1.82, 2.24) is 4.90 Å². The first-order chi connectivity index (χ1) is 12.5. The Morgan fingerprint density at radius 1 is 1.12 bits per heavy atom. The Morgan fingerprint density at radius 2 is 1.85 bits per heavy atom. The van der Waals surface area contributed by atoms with Crippen LogP contribution < -0.4 is 5.32 Å². The molecule has 0 aliphatic heterocycles. The number of nitrogens with zero attached hydrogens (tertiary/aromatic N) is 2. The van der Waals surface area contributed by atoms with Crippen LogP contribution in [-0.2, 0) is 16.1 Å². The summed E-state index contributed by atoms with van der Waals surface area (Å²) in [5.41, 5.74) is 1.35. The van der Waals surface area contributed by atoms with E-state index in [-0.39, 0.29) is 12.1 Å². The second-order valence-corrected chi connectivity index (χ2v) is 5.30. The molecule has 2 rings (SSSR count). The Labute approximate surface area is 150 Å². The minimum Gasteiger partial charge on any atom is -0.465 e. The standard InChI is InChI=1S/C19H17N3O4/c1-26-18(24)15-8-5-9-16(12-15)21-19(25)22(17(23)10-11-20)13-14-6-3-2-4-7-14/h2-9,12H,10,13H2,1H3,(H,21,25). The van der Waals surface area contributed by atoms with Gasteiger partial charge in [-0.15, -0.1) is 0 Å². The van der Waals surface area contributed by atoms with Gasteiger partial charge in [0.05, 0.1) is 25.3 Å². The molecule has 0 heterocycles. The molecule has 7 heteroatoms. The fraction of sp³-hybridized carbons (Fsp3) is 0.158. The molecule has 0 spiro atoms. The maximum atomic E-state index is 12.6. The van der Waals surface area contributed by atoms with Crippen LogP contribution in [0, 0.1) is 11.3 Å². The molecular weight excluding hydrogens is 334 g/mol. The maximum Gasteiger partial charge on any atom is 0.337 e. The predicted molar refractivity (Wildman–Crippen MR) is 94.0 cm³/mol. The van der Waals surface area contributed by atoms with Crippen LogP contribution in [0.15, 0.2) is 54.6 Å². The van der Waals surface area contributed by atoms with Crippen molar-refractivity contribution in [1.29, 1.82) is 5.26 Å². The zero-order chi connectivity index (χ0) is 18.9. The van der Waals surface area contributed by atoms with Gasteiger partial charge < -0.3 is 10.1 Å². The van der Waals surface area contributed by atoms with Gasteiger partial charge in [0.25, 0.3) is 0 Å². The Bertz CT molecular complexity index is 843. The van der Waals surface area contributed by atoms with Gasteiger partial charge >= 0.3 is 12.0 Å². The summed E-state index contributed by atoms with van der Waals surface area (Å²) in [6.07, 6.45) is -0.414. The molecule has 2 aromatic rings. The molecule has 3 amide bonds. The van der Waals surface area contributed by atoms with Crippen molar-refractivity contribution in [2.45, 2.75) is 13.0 Å². The average Bonchev–Trinajstić information content (AvgIpc) is 2.66. The van der Waals surface area contributed by atoms with Crippen molar-refractivity contribution in [3.05, 3.63) is 65.7 Å². The lowest BCUT2D eigenvalue weighted by Crippen LogP contribution is -2.39. The molecule has 0 aromatic heterocycles. The van der Waals surface area contributed by atoms with E-state index in [1.807, 2.05) is 6.07 Å². The zero-order valence-corrected chi connectivity index (χ0v) is 14.1. The summed E-state index contributed by atoms with van der Waals surface area (Å²) in [6, 6.07) is 16.2. The highest BCUT2D eigenvalue weighted by Gasteiger charge is 2.22. The van der Waals surface area contributed by atoms with Crippen molar-refractivity contribution in [2.24, 2.45) is 0 Å². The third-order valence-corrected chi connectivity index (χ3v) is 3.49. The lowest BCUT2D eigenvalue weighted by molar-refractivity contribution is -0.127. The van der Waals surface area contributed by atoms with Crippen molar-refractivity contribution in [2.75, 3.05) is 12.4 Å². The number of amides is 3. The second kappa shape index (κ2) is 8.99. The molecular formula is C19H17N3O4. The number of carbonyl (C=O) groups is 3. The number of carbonyl (C=O) groups excluding carboxylic acids is 3. The summed E-state index contributed by atoms with van der Waals surface area (Å²) in [6.45, 7) is 0.0316. The van der Waals surface area contributed by atoms with Gasteiger partial charge in [0, 0.05) is 5.69 Å². The van der Waals surface area contributed by atoms with Crippen LogP contribution in [0.5, 0.6) is 0 Å². The van der Waals surface area contributed by atoms with Crippen LogP contribution >= 0.6 is 0 Å². The number of ether oxygens (including phenoxy) is 1. The Balaban J connectivity index is 2.19. The average molecular weight is 351 g/mol. The number of imide groups is 1. The summed E-state index contributed by atoms with van der Waals surface area (Å²) in [7, 11) is 1.26. The normalized spacial score (nSPS) is 9.69. The van der Waals surface area contributed by atoms with Crippen LogP contribution in [0.1, 0.15) is 22.3 Å². The molecule has 132 valence electrons. The highest BCUT2D eigenvalue weighted by atomic mass is 16.5. The molecule has 0 unspecified atom stereocenters. The summed E-state index contributed by atoms with van der Waals surface area (Å²) in [5.74, 6) is -1.15. The van der Waals surface area contributed by atoms with Gasteiger partial charge in [-0.3, -0.25) is 9.69 Å². The van der Waals surface area contributed by atoms with Crippen molar-refractivity contribution in [3.8, 4) is 6.07 Å². The number of methoxy groups -OCH3 is 1. The number of rotatable bonds is 5. The Hall–Kier alpha value is -3.66. The number of nitrogens with one attached hydrogen (secondary N) is 1. The number of hydrogen-bond acceptors (Lipinski definition) is 5. The van der Waals surface area contributed by atoms with Crippen LogP contribution in [0.25, 0.3) is 0 Å². The number of urea groups is 1. The molecule has 2 aromatic carbocycles. The topological polar surface area (TPSA) is 99.5 Å². The van der Waals surface area contributed by atoms with Gasteiger partial charge in [0.2, 0.25) is 5.91 Å². The SMILES string of the molecule is COC(=O)c1cccc(NC(=O)N(Cc2ccccc2)C(=O)CC#N)c1. The number of hydrogen-bond donors (Lipinski definition) is 1. The lowest BCUT2D eigenvalue weighted by atomic mass is 10.2. The first kappa shape index (κ1) is 18.7. The van der Waals surface area contributed by atoms with Crippen LogP contribution in [0.4, 0.5) is 10.5 Å². The van der Waals surface area contributed by atoms with Crippen molar-refractivity contribution in [3.63, 3.8) is 0 Å². The Kier molecular flexibility index (Phi) is 6.46. The monoisotopic (exact) mass is 351 g/mol. The van der Waals surface area contributed by atoms with Gasteiger partial charge in [0.1, 0.15) is 6.42 Å². The van der Waals surface area contributed by atoms with Gasteiger partial charge in [-0.1, -0.05) is 36.4 Å². The molecule has 0 fully saturated rings. The van der Waals surface area contributed by atoms with Crippen molar-refractivity contribution < 1.29 is 19.1 Å². The molecule has 0 saturated carbocycles. The molecule has 0 aliphatic carbocycles. The number of nitriles is 1. The van der Waals surface area contributed by atoms with E-state index in [0.717, 1.165) is 10.5 Å². The fourth-order valence-electron chi connectivity index (χ4n) is 2.24. The fourth-order valence-corrected chi connectivity index (χ4v) is 2.24. The van der Waals surface area contributed by atoms with Gasteiger partial charge in [-0.2, -0.15) is 5.26 Å². The van der Waals surface area contributed by atoms with Crippen LogP contribution in [0.3, 0.4) is 0 Å². The number of benzene rings is 2. The maximum absolute atomic E-state index is 12.6. The molecule has 0 aliphatic rings. The van der Waals surface area contributed by atoms with E-state index in [9.17, 15) is 14.4 Å². The van der Waals surface area contributed by atoms with E-state index >= 15 is 0 Å². The summed E-state index contributed by atoms with van der Waals surface area (Å²) < 4.78 is 4.64. The molecule has 1 N–H and O–H groups in total. The quantitative estimate of drug-likeness (QED) is 0.835. The van der Waals surface area contributed by atoms with E-state index in [1.54, 1.807) is 48.5 Å². The number of anilines is 1. The highest BCUT2D eigenvalue weighted by Crippen LogP contribution is 2.14. The highest BCUT2D eigenvalue weighted by molar-refractivity contribution is 6.02. The molecule has 0 radical (unpaired) electrons. The third-order valence-electron chi connectivity index (χ3n) is 3.49. The lowest BCUT2D eigenvalue weighted by Gasteiger charge is -2.20. The molecule has 26 heavy (non-hydrogen) atoms. The largest absolute Gasteiger partial charge is 0.465 e. The van der Waals surface area contributed by atoms with Gasteiger partial charge in [-0.05, 0) is 23.8 Å². The minimum atomic E-state index is -0.684. The molecule has 0 bridgehead atoms. The number of esters is 1. The summed E-state index contributed by atoms with van der Waals surface area (Å²) in [4.78, 5) is 37.3. The first-order valence-corrected chi connectivity index (χ1v) is 7.75. The van der Waals surface area contributed by atoms with E-state index in [2.05, 4.69) is 10.1 Å². The smallest absolute Gasteiger partial charge is 0.337 e. The van der Waals surface area contributed by atoms with E-state index in [0.29, 0.717) is 5.69 Å². The third kappa shape index (κ3) is 4.92. The van der Waals surface area contributed by atoms with E-state index in [4.69, 9.17) is 5.26 Å². The molecule has 7 nitrogen and oxygen atoms in total. The van der Waals surface area contributed by atoms with Crippen LogP contribution in [0.2, 0.25) is 0 Å². The summed E-state index contributed by atoms with van der Waals surface area (Å²) in [5, 5.41) is 11.3. The predicted octanol–water partition coefficient (Wildman–Crippen LogP) is 2.95.